The van der Waals surface area contributed by atoms with E-state index in [-0.39, 0.29) is 41.0 Å². The third-order valence-corrected chi connectivity index (χ3v) is 9.04. The molecule has 32 heavy (non-hydrogen) atoms. The fraction of sp³-hybridized carbons (Fsp3) is 0.630. The first-order chi connectivity index (χ1) is 15.4. The van der Waals surface area contributed by atoms with Gasteiger partial charge in [0.2, 0.25) is 0 Å². The average Bonchev–Trinajstić information content (AvgIpc) is 3.11. The summed E-state index contributed by atoms with van der Waals surface area (Å²) < 4.78 is 5.82. The van der Waals surface area contributed by atoms with E-state index in [1.807, 2.05) is 30.3 Å². The molecular formula is C27H35NO4. The van der Waals surface area contributed by atoms with Crippen molar-refractivity contribution >= 4 is 11.8 Å². The molecule has 1 saturated carbocycles. The van der Waals surface area contributed by atoms with Crippen molar-refractivity contribution in [2.75, 3.05) is 19.6 Å². The second-order valence-corrected chi connectivity index (χ2v) is 10.6. The second-order valence-electron chi connectivity index (χ2n) is 10.6. The number of hydrogen-bond donors (Lipinski definition) is 1. The smallest absolute Gasteiger partial charge is 0.311 e. The van der Waals surface area contributed by atoms with E-state index in [0.29, 0.717) is 12.5 Å². The molecule has 5 rings (SSSR count). The summed E-state index contributed by atoms with van der Waals surface area (Å²) in [5, 5.41) is 11.5. The van der Waals surface area contributed by atoms with Crippen LogP contribution in [0.2, 0.25) is 0 Å². The van der Waals surface area contributed by atoms with E-state index in [9.17, 15) is 14.7 Å². The van der Waals surface area contributed by atoms with Crippen LogP contribution in [0.5, 0.6) is 0 Å². The van der Waals surface area contributed by atoms with Crippen LogP contribution in [0, 0.1) is 29.1 Å². The van der Waals surface area contributed by atoms with Gasteiger partial charge in [-0.25, -0.2) is 0 Å². The van der Waals surface area contributed by atoms with Crippen molar-refractivity contribution in [3.63, 3.8) is 0 Å². The van der Waals surface area contributed by atoms with Crippen LogP contribution in [0.3, 0.4) is 0 Å². The van der Waals surface area contributed by atoms with E-state index in [2.05, 4.69) is 24.8 Å². The lowest BCUT2D eigenvalue weighted by Crippen LogP contribution is -2.55. The molecule has 2 aliphatic carbocycles. The quantitative estimate of drug-likeness (QED) is 0.440. The van der Waals surface area contributed by atoms with E-state index < -0.39 is 6.10 Å². The lowest BCUT2D eigenvalue weighted by Gasteiger charge is -2.52. The van der Waals surface area contributed by atoms with Crippen LogP contribution in [0.1, 0.15) is 56.3 Å². The van der Waals surface area contributed by atoms with Crippen molar-refractivity contribution in [1.29, 1.82) is 0 Å². The summed E-state index contributed by atoms with van der Waals surface area (Å²) in [4.78, 5) is 28.0. The van der Waals surface area contributed by atoms with E-state index in [0.717, 1.165) is 50.8 Å². The summed E-state index contributed by atoms with van der Waals surface area (Å²) in [7, 11) is 0. The van der Waals surface area contributed by atoms with Crippen molar-refractivity contribution in [2.24, 2.45) is 29.1 Å². The Balaban J connectivity index is 1.25. The molecule has 0 aromatic heterocycles. The van der Waals surface area contributed by atoms with Gasteiger partial charge in [-0.05, 0) is 44.7 Å². The second kappa shape index (κ2) is 8.42. The highest BCUT2D eigenvalue weighted by atomic mass is 16.6. The number of fused-ring (bicyclic) bond motifs is 2. The summed E-state index contributed by atoms with van der Waals surface area (Å²) >= 11 is 0. The van der Waals surface area contributed by atoms with E-state index in [1.54, 1.807) is 0 Å². The van der Waals surface area contributed by atoms with Gasteiger partial charge in [0.1, 0.15) is 6.10 Å². The number of esters is 1. The highest BCUT2D eigenvalue weighted by molar-refractivity contribution is 5.97. The number of benzene rings is 1. The number of likely N-dealkylation sites (tertiary alicyclic amines) is 1. The summed E-state index contributed by atoms with van der Waals surface area (Å²) in [6.07, 6.45) is 6.02. The average molecular weight is 438 g/mol. The predicted octanol–water partition coefficient (Wildman–Crippen LogP) is 3.87. The highest BCUT2D eigenvalue weighted by Crippen LogP contribution is 2.56. The Kier molecular flexibility index (Phi) is 5.75. The highest BCUT2D eigenvalue weighted by Gasteiger charge is 2.59. The van der Waals surface area contributed by atoms with Gasteiger partial charge in [-0.1, -0.05) is 55.8 Å². The number of piperidine rings is 1. The molecule has 2 aliphatic heterocycles. The van der Waals surface area contributed by atoms with Crippen molar-refractivity contribution in [1.82, 2.24) is 4.90 Å². The fourth-order valence-electron chi connectivity index (χ4n) is 6.77. The summed E-state index contributed by atoms with van der Waals surface area (Å²) in [6, 6.07) is 9.54. The molecule has 0 unspecified atom stereocenters. The number of nitrogens with zero attached hydrogens (tertiary/aromatic N) is 1. The number of carbonyl (C=O) groups excluding carboxylic acids is 2. The van der Waals surface area contributed by atoms with Crippen LogP contribution in [-0.4, -0.2) is 53.6 Å². The number of carbonyl (C=O) groups is 2. The van der Waals surface area contributed by atoms with Gasteiger partial charge in [0.25, 0.3) is 0 Å². The number of ether oxygens (including phenoxy) is 1. The van der Waals surface area contributed by atoms with Gasteiger partial charge in [-0.2, -0.15) is 0 Å². The van der Waals surface area contributed by atoms with Crippen LogP contribution in [0.4, 0.5) is 0 Å². The summed E-state index contributed by atoms with van der Waals surface area (Å²) in [5.74, 6) is 0.0862. The fourth-order valence-corrected chi connectivity index (χ4v) is 6.77. The number of rotatable bonds is 4. The number of aliphatic hydroxyl groups excluding tert-OH is 1. The van der Waals surface area contributed by atoms with Crippen molar-refractivity contribution in [2.45, 2.75) is 58.2 Å². The van der Waals surface area contributed by atoms with Crippen LogP contribution >= 0.6 is 0 Å². The molecule has 1 aromatic rings. The predicted molar refractivity (Wildman–Crippen MR) is 122 cm³/mol. The summed E-state index contributed by atoms with van der Waals surface area (Å²) in [6.45, 7) is 6.65. The molecule has 0 bridgehead atoms. The Morgan fingerprint density at radius 1 is 1.19 bits per heavy atom. The molecule has 0 spiro atoms. The number of Topliss-reactive ketones (excluding diaryl/α,β-unsaturated/α-hetero) is 1. The molecule has 3 fully saturated rings. The Morgan fingerprint density at radius 2 is 1.91 bits per heavy atom. The zero-order valence-electron chi connectivity index (χ0n) is 19.2. The van der Waals surface area contributed by atoms with Crippen LogP contribution in [0.25, 0.3) is 0 Å². The van der Waals surface area contributed by atoms with Gasteiger partial charge in [0.15, 0.2) is 5.78 Å². The minimum Gasteiger partial charge on any atom is -0.461 e. The van der Waals surface area contributed by atoms with Crippen LogP contribution in [-0.2, 0) is 9.53 Å². The molecule has 1 aromatic carbocycles. The molecule has 5 heteroatoms. The third-order valence-electron chi connectivity index (χ3n) is 9.04. The number of aliphatic hydroxyl groups is 1. The van der Waals surface area contributed by atoms with Gasteiger partial charge < -0.3 is 14.7 Å². The Morgan fingerprint density at radius 3 is 2.62 bits per heavy atom. The maximum atomic E-state index is 12.9. The van der Waals surface area contributed by atoms with Crippen LogP contribution < -0.4 is 0 Å². The molecule has 5 nitrogen and oxygen atoms in total. The molecule has 1 N–H and O–H groups in total. The van der Waals surface area contributed by atoms with Gasteiger partial charge in [0, 0.05) is 35.8 Å². The normalized spacial score (nSPS) is 37.9. The monoisotopic (exact) mass is 437 g/mol. The molecule has 172 valence electrons. The van der Waals surface area contributed by atoms with Crippen molar-refractivity contribution < 1.29 is 19.4 Å². The molecule has 4 aliphatic rings. The maximum absolute atomic E-state index is 12.9. The SMILES string of the molecule is C[C@H]1CCC=C2C[C@H]3OC(=O)[C@H](CN4CCC(C(=O)c5ccccc5)CC4)[C@@H]3[C@@H](O)[C@@]21C. The number of ketones is 1. The first-order valence-corrected chi connectivity index (χ1v) is 12.3. The minimum atomic E-state index is -0.559. The minimum absolute atomic E-state index is 0.0480. The Hall–Kier alpha value is -1.98. The van der Waals surface area contributed by atoms with Gasteiger partial charge in [0.05, 0.1) is 12.0 Å². The van der Waals surface area contributed by atoms with Crippen molar-refractivity contribution in [3.8, 4) is 0 Å². The lowest BCUT2D eigenvalue weighted by molar-refractivity contribution is -0.145. The first kappa shape index (κ1) is 21.8. The largest absolute Gasteiger partial charge is 0.461 e. The zero-order chi connectivity index (χ0) is 22.5. The molecule has 2 heterocycles. The van der Waals surface area contributed by atoms with Gasteiger partial charge in [-0.15, -0.1) is 0 Å². The topological polar surface area (TPSA) is 66.8 Å². The molecule has 0 radical (unpaired) electrons. The van der Waals surface area contributed by atoms with Gasteiger partial charge in [-0.3, -0.25) is 9.59 Å². The van der Waals surface area contributed by atoms with E-state index >= 15 is 0 Å². The van der Waals surface area contributed by atoms with E-state index in [1.165, 1.54) is 5.57 Å². The molecule has 6 atom stereocenters. The molecule has 0 amide bonds. The van der Waals surface area contributed by atoms with Crippen LogP contribution in [0.15, 0.2) is 42.0 Å². The Labute approximate surface area is 190 Å². The number of allylic oxidation sites excluding steroid dienone is 1. The standard InChI is InChI=1S/C27H35NO4/c1-17-7-6-10-20-15-22-23(25(30)27(17,20)2)21(26(31)32-22)16-28-13-11-19(12-14-28)24(29)18-8-4-3-5-9-18/h3-5,8-10,17,19,21-23,25,30H,6-7,11-16H2,1-2H3/t17-,21+,22+,23-,25+,27+/m0/s1. The van der Waals surface area contributed by atoms with Gasteiger partial charge >= 0.3 is 5.97 Å². The van der Waals surface area contributed by atoms with Crippen molar-refractivity contribution in [3.05, 3.63) is 47.5 Å². The summed E-state index contributed by atoms with van der Waals surface area (Å²) in [5.41, 5.74) is 1.80. The molecule has 2 saturated heterocycles. The van der Waals surface area contributed by atoms with E-state index in [4.69, 9.17) is 4.74 Å². The Bertz CT molecular complexity index is 903. The first-order valence-electron chi connectivity index (χ1n) is 12.3. The lowest BCUT2D eigenvalue weighted by atomic mass is 9.55. The third kappa shape index (κ3) is 3.54. The maximum Gasteiger partial charge on any atom is 0.311 e. The zero-order valence-corrected chi connectivity index (χ0v) is 19.2. The molecular weight excluding hydrogens is 402 g/mol. The number of hydrogen-bond acceptors (Lipinski definition) is 5.